The van der Waals surface area contributed by atoms with E-state index < -0.39 is 0 Å². The Labute approximate surface area is 104 Å². The molecule has 0 aliphatic heterocycles. The molecule has 4 heteroatoms. The summed E-state index contributed by atoms with van der Waals surface area (Å²) in [6.45, 7) is 3.37. The Morgan fingerprint density at radius 1 is 1.41 bits per heavy atom. The van der Waals surface area contributed by atoms with Gasteiger partial charge < -0.3 is 5.32 Å². The van der Waals surface area contributed by atoms with Crippen molar-refractivity contribution < 1.29 is 0 Å². The van der Waals surface area contributed by atoms with E-state index in [0.29, 0.717) is 12.0 Å². The van der Waals surface area contributed by atoms with Crippen LogP contribution in [0.2, 0.25) is 0 Å². The van der Waals surface area contributed by atoms with E-state index in [2.05, 4.69) is 22.6 Å². The van der Waals surface area contributed by atoms with Gasteiger partial charge in [-0.2, -0.15) is 0 Å². The molecule has 0 saturated heterocycles. The van der Waals surface area contributed by atoms with Crippen LogP contribution in [-0.4, -0.2) is 27.6 Å². The number of hydrogen-bond acceptors (Lipinski definition) is 3. The monoisotopic (exact) mass is 236 g/mol. The molecule has 1 fully saturated rings. The van der Waals surface area contributed by atoms with E-state index in [1.54, 1.807) is 0 Å². The van der Waals surface area contributed by atoms with Gasteiger partial charge in [-0.25, -0.2) is 0 Å². The molecule has 1 aromatic heterocycles. The molecule has 2 unspecified atom stereocenters. The lowest BCUT2D eigenvalue weighted by Crippen LogP contribution is -2.30. The average molecular weight is 236 g/mol. The standard InChI is InChI=1S/C13H24N4/c1-3-8-14-12-7-5-4-6-11(9-12)13-10-15-16-17(13)2/h10-12,14H,3-9H2,1-2H3. The van der Waals surface area contributed by atoms with Gasteiger partial charge in [0.05, 0.1) is 11.9 Å². The zero-order valence-electron chi connectivity index (χ0n) is 11.0. The number of rotatable bonds is 4. The molecule has 2 rings (SSSR count). The maximum Gasteiger partial charge on any atom is 0.0727 e. The van der Waals surface area contributed by atoms with Crippen molar-refractivity contribution in [2.75, 3.05) is 6.54 Å². The summed E-state index contributed by atoms with van der Waals surface area (Å²) in [7, 11) is 2.00. The number of hydrogen-bond donors (Lipinski definition) is 1. The van der Waals surface area contributed by atoms with Gasteiger partial charge in [0.2, 0.25) is 0 Å². The summed E-state index contributed by atoms with van der Waals surface area (Å²) < 4.78 is 1.94. The van der Waals surface area contributed by atoms with E-state index in [9.17, 15) is 0 Å². The van der Waals surface area contributed by atoms with E-state index in [1.165, 1.54) is 44.2 Å². The summed E-state index contributed by atoms with van der Waals surface area (Å²) in [5.41, 5.74) is 1.30. The summed E-state index contributed by atoms with van der Waals surface area (Å²) in [4.78, 5) is 0. The molecule has 4 nitrogen and oxygen atoms in total. The molecule has 1 saturated carbocycles. The Bertz CT molecular complexity index is 334. The predicted octanol–water partition coefficient (Wildman–Crippen LogP) is 2.23. The summed E-state index contributed by atoms with van der Waals surface area (Å²) in [6, 6.07) is 0.678. The van der Waals surface area contributed by atoms with Crippen LogP contribution in [0.3, 0.4) is 0 Å². The minimum Gasteiger partial charge on any atom is -0.314 e. The number of nitrogens with zero attached hydrogens (tertiary/aromatic N) is 3. The lowest BCUT2D eigenvalue weighted by molar-refractivity contribution is 0.430. The quantitative estimate of drug-likeness (QED) is 0.815. The fourth-order valence-electron chi connectivity index (χ4n) is 2.83. The molecule has 0 bridgehead atoms. The summed E-state index contributed by atoms with van der Waals surface area (Å²) in [6.07, 6.45) is 9.68. The normalized spacial score (nSPS) is 25.8. The van der Waals surface area contributed by atoms with Crippen molar-refractivity contribution in [2.24, 2.45) is 7.05 Å². The van der Waals surface area contributed by atoms with Crippen LogP contribution >= 0.6 is 0 Å². The Morgan fingerprint density at radius 2 is 2.24 bits per heavy atom. The first-order valence-corrected chi connectivity index (χ1v) is 6.89. The van der Waals surface area contributed by atoms with Crippen molar-refractivity contribution in [1.82, 2.24) is 20.3 Å². The zero-order chi connectivity index (χ0) is 12.1. The highest BCUT2D eigenvalue weighted by Crippen LogP contribution is 2.30. The van der Waals surface area contributed by atoms with Crippen molar-refractivity contribution in [3.05, 3.63) is 11.9 Å². The van der Waals surface area contributed by atoms with Gasteiger partial charge in [-0.1, -0.05) is 25.0 Å². The van der Waals surface area contributed by atoms with Gasteiger partial charge in [0.1, 0.15) is 0 Å². The van der Waals surface area contributed by atoms with Gasteiger partial charge in [-0.05, 0) is 32.2 Å². The average Bonchev–Trinajstić information content (AvgIpc) is 2.63. The van der Waals surface area contributed by atoms with E-state index in [4.69, 9.17) is 0 Å². The molecule has 0 amide bonds. The molecule has 0 aromatic carbocycles. The topological polar surface area (TPSA) is 42.7 Å². The number of nitrogens with one attached hydrogen (secondary N) is 1. The first kappa shape index (κ1) is 12.6. The van der Waals surface area contributed by atoms with E-state index in [-0.39, 0.29) is 0 Å². The van der Waals surface area contributed by atoms with Crippen LogP contribution < -0.4 is 5.32 Å². The van der Waals surface area contributed by atoms with Crippen LogP contribution in [0.4, 0.5) is 0 Å². The Hall–Kier alpha value is -0.900. The lowest BCUT2D eigenvalue weighted by Gasteiger charge is -2.20. The third-order valence-electron chi connectivity index (χ3n) is 3.77. The molecular weight excluding hydrogens is 212 g/mol. The summed E-state index contributed by atoms with van der Waals surface area (Å²) in [5, 5.41) is 11.7. The van der Waals surface area contributed by atoms with Crippen LogP contribution in [-0.2, 0) is 7.05 Å². The molecule has 2 atom stereocenters. The van der Waals surface area contributed by atoms with Crippen LogP contribution in [0.15, 0.2) is 6.20 Å². The fourth-order valence-corrected chi connectivity index (χ4v) is 2.83. The molecule has 1 aliphatic rings. The second kappa shape index (κ2) is 6.15. The van der Waals surface area contributed by atoms with Gasteiger partial charge in [0.15, 0.2) is 0 Å². The number of aryl methyl sites for hydroxylation is 1. The third-order valence-corrected chi connectivity index (χ3v) is 3.77. The first-order valence-electron chi connectivity index (χ1n) is 6.89. The van der Waals surface area contributed by atoms with Gasteiger partial charge in [0.25, 0.3) is 0 Å². The van der Waals surface area contributed by atoms with Crippen molar-refractivity contribution in [1.29, 1.82) is 0 Å². The first-order chi connectivity index (χ1) is 8.31. The van der Waals surface area contributed by atoms with E-state index in [1.807, 2.05) is 17.9 Å². The van der Waals surface area contributed by atoms with Gasteiger partial charge >= 0.3 is 0 Å². The molecule has 96 valence electrons. The summed E-state index contributed by atoms with van der Waals surface area (Å²) in [5.74, 6) is 0.631. The smallest absolute Gasteiger partial charge is 0.0727 e. The van der Waals surface area contributed by atoms with E-state index in [0.717, 1.165) is 6.54 Å². The molecule has 0 spiro atoms. The van der Waals surface area contributed by atoms with Crippen LogP contribution in [0.25, 0.3) is 0 Å². The van der Waals surface area contributed by atoms with Gasteiger partial charge in [0, 0.05) is 19.0 Å². The van der Waals surface area contributed by atoms with Crippen molar-refractivity contribution in [3.8, 4) is 0 Å². The van der Waals surface area contributed by atoms with Crippen molar-refractivity contribution in [2.45, 2.75) is 57.4 Å². The minimum absolute atomic E-state index is 0.631. The largest absolute Gasteiger partial charge is 0.314 e. The van der Waals surface area contributed by atoms with Gasteiger partial charge in [-0.3, -0.25) is 4.68 Å². The predicted molar refractivity (Wildman–Crippen MR) is 68.9 cm³/mol. The molecule has 1 heterocycles. The summed E-state index contributed by atoms with van der Waals surface area (Å²) >= 11 is 0. The fraction of sp³-hybridized carbons (Fsp3) is 0.846. The lowest BCUT2D eigenvalue weighted by atomic mass is 9.95. The second-order valence-electron chi connectivity index (χ2n) is 5.15. The maximum atomic E-state index is 4.06. The highest BCUT2D eigenvalue weighted by Gasteiger charge is 2.23. The Morgan fingerprint density at radius 3 is 2.94 bits per heavy atom. The zero-order valence-corrected chi connectivity index (χ0v) is 11.0. The molecule has 1 aromatic rings. The SMILES string of the molecule is CCCNC1CCCCC(c2cnnn2C)C1. The van der Waals surface area contributed by atoms with E-state index >= 15 is 0 Å². The molecule has 17 heavy (non-hydrogen) atoms. The number of aromatic nitrogens is 3. The second-order valence-corrected chi connectivity index (χ2v) is 5.15. The van der Waals surface area contributed by atoms with Crippen molar-refractivity contribution >= 4 is 0 Å². The Kier molecular flexibility index (Phi) is 4.54. The van der Waals surface area contributed by atoms with Crippen LogP contribution in [0, 0.1) is 0 Å². The maximum absolute atomic E-state index is 4.06. The molecular formula is C13H24N4. The van der Waals surface area contributed by atoms with Gasteiger partial charge in [-0.15, -0.1) is 5.10 Å². The van der Waals surface area contributed by atoms with Crippen molar-refractivity contribution in [3.63, 3.8) is 0 Å². The van der Waals surface area contributed by atoms with Crippen LogP contribution in [0.1, 0.15) is 57.1 Å². The highest BCUT2D eigenvalue weighted by molar-refractivity contribution is 5.04. The molecule has 1 N–H and O–H groups in total. The highest BCUT2D eigenvalue weighted by atomic mass is 15.4. The van der Waals surface area contributed by atoms with Crippen LogP contribution in [0.5, 0.6) is 0 Å². The molecule has 0 radical (unpaired) electrons. The minimum atomic E-state index is 0.631. The molecule has 1 aliphatic carbocycles. The Balaban J connectivity index is 1.99. The third kappa shape index (κ3) is 3.28.